The first-order valence-electron chi connectivity index (χ1n) is 5.72. The SMILES string of the molecule is O=C1CNCCC(OCc2ccccc2)C1. The number of hydrogen-bond donors (Lipinski definition) is 1. The van der Waals surface area contributed by atoms with Crippen LogP contribution in [0, 0.1) is 0 Å². The third-order valence-electron chi connectivity index (χ3n) is 2.75. The number of carbonyl (C=O) groups is 1. The highest BCUT2D eigenvalue weighted by molar-refractivity contribution is 5.81. The summed E-state index contributed by atoms with van der Waals surface area (Å²) >= 11 is 0. The summed E-state index contributed by atoms with van der Waals surface area (Å²) < 4.78 is 5.76. The lowest BCUT2D eigenvalue weighted by Gasteiger charge is -2.14. The third-order valence-corrected chi connectivity index (χ3v) is 2.75. The largest absolute Gasteiger partial charge is 0.373 e. The molecule has 0 aliphatic carbocycles. The molecule has 0 amide bonds. The smallest absolute Gasteiger partial charge is 0.149 e. The molecular formula is C13H17NO2. The molecule has 16 heavy (non-hydrogen) atoms. The van der Waals surface area contributed by atoms with E-state index in [1.54, 1.807) is 0 Å². The number of ether oxygens (including phenoxy) is 1. The van der Waals surface area contributed by atoms with Crippen LogP contribution in [0.25, 0.3) is 0 Å². The number of Topliss-reactive ketones (excluding diaryl/α,β-unsaturated/α-hetero) is 1. The minimum atomic E-state index is 0.0720. The lowest BCUT2D eigenvalue weighted by atomic mass is 10.1. The van der Waals surface area contributed by atoms with Crippen molar-refractivity contribution in [3.8, 4) is 0 Å². The van der Waals surface area contributed by atoms with Crippen LogP contribution in [-0.2, 0) is 16.1 Å². The Kier molecular flexibility index (Phi) is 4.08. The first-order valence-corrected chi connectivity index (χ1v) is 5.72. The molecule has 1 saturated heterocycles. The van der Waals surface area contributed by atoms with E-state index in [1.165, 1.54) is 0 Å². The average molecular weight is 219 g/mol. The van der Waals surface area contributed by atoms with E-state index >= 15 is 0 Å². The Morgan fingerprint density at radius 1 is 1.31 bits per heavy atom. The summed E-state index contributed by atoms with van der Waals surface area (Å²) in [7, 11) is 0. The molecule has 0 saturated carbocycles. The highest BCUT2D eigenvalue weighted by Gasteiger charge is 2.17. The fraction of sp³-hybridized carbons (Fsp3) is 0.462. The van der Waals surface area contributed by atoms with Crippen molar-refractivity contribution in [3.63, 3.8) is 0 Å². The van der Waals surface area contributed by atoms with Gasteiger partial charge >= 0.3 is 0 Å². The van der Waals surface area contributed by atoms with Crippen LogP contribution in [0.5, 0.6) is 0 Å². The molecular weight excluding hydrogens is 202 g/mol. The molecule has 0 bridgehead atoms. The van der Waals surface area contributed by atoms with Crippen LogP contribution in [0.2, 0.25) is 0 Å². The molecule has 1 atom stereocenters. The van der Waals surface area contributed by atoms with Crippen LogP contribution in [0.1, 0.15) is 18.4 Å². The fourth-order valence-electron chi connectivity index (χ4n) is 1.85. The van der Waals surface area contributed by atoms with E-state index in [4.69, 9.17) is 4.74 Å². The maximum absolute atomic E-state index is 11.4. The highest BCUT2D eigenvalue weighted by atomic mass is 16.5. The van der Waals surface area contributed by atoms with Crippen molar-refractivity contribution >= 4 is 5.78 Å². The molecule has 1 fully saturated rings. The number of carbonyl (C=O) groups excluding carboxylic acids is 1. The van der Waals surface area contributed by atoms with Gasteiger partial charge in [-0.2, -0.15) is 0 Å². The Morgan fingerprint density at radius 2 is 2.12 bits per heavy atom. The molecule has 1 aliphatic heterocycles. The van der Waals surface area contributed by atoms with Gasteiger partial charge in [0.1, 0.15) is 5.78 Å². The zero-order valence-electron chi connectivity index (χ0n) is 9.32. The topological polar surface area (TPSA) is 38.3 Å². The molecule has 86 valence electrons. The molecule has 1 N–H and O–H groups in total. The minimum Gasteiger partial charge on any atom is -0.373 e. The number of benzene rings is 1. The van der Waals surface area contributed by atoms with Crippen molar-refractivity contribution < 1.29 is 9.53 Å². The van der Waals surface area contributed by atoms with E-state index in [1.807, 2.05) is 30.3 Å². The van der Waals surface area contributed by atoms with Gasteiger partial charge in [-0.05, 0) is 18.5 Å². The summed E-state index contributed by atoms with van der Waals surface area (Å²) in [5, 5.41) is 3.10. The summed E-state index contributed by atoms with van der Waals surface area (Å²) in [6.45, 7) is 1.95. The van der Waals surface area contributed by atoms with Crippen LogP contribution >= 0.6 is 0 Å². The van der Waals surface area contributed by atoms with Crippen molar-refractivity contribution in [3.05, 3.63) is 35.9 Å². The number of ketones is 1. The minimum absolute atomic E-state index is 0.0720. The summed E-state index contributed by atoms with van der Waals surface area (Å²) in [4.78, 5) is 11.4. The van der Waals surface area contributed by atoms with Crippen LogP contribution in [0.3, 0.4) is 0 Å². The molecule has 1 unspecified atom stereocenters. The molecule has 3 nitrogen and oxygen atoms in total. The van der Waals surface area contributed by atoms with Gasteiger partial charge in [-0.3, -0.25) is 4.79 Å². The Morgan fingerprint density at radius 3 is 2.94 bits per heavy atom. The third kappa shape index (κ3) is 3.43. The first kappa shape index (κ1) is 11.3. The summed E-state index contributed by atoms with van der Waals surface area (Å²) in [6, 6.07) is 10.1. The quantitative estimate of drug-likeness (QED) is 0.837. The average Bonchev–Trinajstić information content (AvgIpc) is 2.52. The van der Waals surface area contributed by atoms with E-state index in [-0.39, 0.29) is 11.9 Å². The maximum Gasteiger partial charge on any atom is 0.149 e. The van der Waals surface area contributed by atoms with Gasteiger partial charge in [0.25, 0.3) is 0 Å². The predicted octanol–water partition coefficient (Wildman–Crippen LogP) is 1.52. The molecule has 3 heteroatoms. The zero-order valence-corrected chi connectivity index (χ0v) is 9.32. The Balaban J connectivity index is 1.83. The molecule has 0 spiro atoms. The van der Waals surface area contributed by atoms with Crippen LogP contribution in [0.4, 0.5) is 0 Å². The summed E-state index contributed by atoms with van der Waals surface area (Å²) in [5.74, 6) is 0.246. The van der Waals surface area contributed by atoms with Gasteiger partial charge in [0, 0.05) is 6.42 Å². The molecule has 0 aromatic heterocycles. The second-order valence-electron chi connectivity index (χ2n) is 4.13. The van der Waals surface area contributed by atoms with E-state index in [0.717, 1.165) is 18.5 Å². The van der Waals surface area contributed by atoms with Gasteiger partial charge in [-0.25, -0.2) is 0 Å². The Labute approximate surface area is 95.8 Å². The van der Waals surface area contributed by atoms with Gasteiger partial charge in [0.2, 0.25) is 0 Å². The zero-order chi connectivity index (χ0) is 11.2. The lowest BCUT2D eigenvalue weighted by Crippen LogP contribution is -2.19. The summed E-state index contributed by atoms with van der Waals surface area (Å²) in [6.07, 6.45) is 1.53. The van der Waals surface area contributed by atoms with Crippen molar-refractivity contribution in [2.75, 3.05) is 13.1 Å². The van der Waals surface area contributed by atoms with Gasteiger partial charge in [-0.15, -0.1) is 0 Å². The molecule has 1 aliphatic rings. The lowest BCUT2D eigenvalue weighted by molar-refractivity contribution is -0.120. The van der Waals surface area contributed by atoms with Gasteiger partial charge in [-0.1, -0.05) is 30.3 Å². The van der Waals surface area contributed by atoms with E-state index in [0.29, 0.717) is 19.6 Å². The number of nitrogens with one attached hydrogen (secondary N) is 1. The van der Waals surface area contributed by atoms with Crippen LogP contribution in [-0.4, -0.2) is 25.0 Å². The molecule has 1 heterocycles. The molecule has 1 aromatic rings. The maximum atomic E-state index is 11.4. The fourth-order valence-corrected chi connectivity index (χ4v) is 1.85. The van der Waals surface area contributed by atoms with Crippen molar-refractivity contribution in [1.82, 2.24) is 5.32 Å². The molecule has 0 radical (unpaired) electrons. The second-order valence-corrected chi connectivity index (χ2v) is 4.13. The highest BCUT2D eigenvalue weighted by Crippen LogP contribution is 2.10. The first-order chi connectivity index (χ1) is 7.84. The normalized spacial score (nSPS) is 21.8. The van der Waals surface area contributed by atoms with E-state index in [2.05, 4.69) is 5.32 Å². The predicted molar refractivity (Wildman–Crippen MR) is 62.1 cm³/mol. The Bertz CT molecular complexity index is 337. The second kappa shape index (κ2) is 5.77. The summed E-state index contributed by atoms with van der Waals surface area (Å²) in [5.41, 5.74) is 1.16. The molecule has 1 aromatic carbocycles. The van der Waals surface area contributed by atoms with Crippen molar-refractivity contribution in [2.45, 2.75) is 25.6 Å². The van der Waals surface area contributed by atoms with Crippen LogP contribution in [0.15, 0.2) is 30.3 Å². The number of rotatable bonds is 3. The van der Waals surface area contributed by atoms with Gasteiger partial charge in [0.15, 0.2) is 0 Å². The van der Waals surface area contributed by atoms with Crippen molar-refractivity contribution in [1.29, 1.82) is 0 Å². The Hall–Kier alpha value is -1.19. The van der Waals surface area contributed by atoms with Crippen molar-refractivity contribution in [2.24, 2.45) is 0 Å². The van der Waals surface area contributed by atoms with Crippen LogP contribution < -0.4 is 5.32 Å². The van der Waals surface area contributed by atoms with E-state index < -0.39 is 0 Å². The van der Waals surface area contributed by atoms with Gasteiger partial charge < -0.3 is 10.1 Å². The van der Waals surface area contributed by atoms with Gasteiger partial charge in [0.05, 0.1) is 19.3 Å². The van der Waals surface area contributed by atoms with E-state index in [9.17, 15) is 4.79 Å². The monoisotopic (exact) mass is 219 g/mol. The number of hydrogen-bond acceptors (Lipinski definition) is 3. The molecule has 2 rings (SSSR count). The standard InChI is InChI=1S/C13H17NO2/c15-12-8-13(6-7-14-9-12)16-10-11-4-2-1-3-5-11/h1-5,13-14H,6-10H2.